The highest BCUT2D eigenvalue weighted by atomic mass is 35.5. The van der Waals surface area contributed by atoms with E-state index in [1.165, 1.54) is 0 Å². The maximum atomic E-state index is 12.4. The van der Waals surface area contributed by atoms with Crippen molar-refractivity contribution in [3.8, 4) is 0 Å². The third kappa shape index (κ3) is 2.36. The molecule has 2 rings (SSSR count). The van der Waals surface area contributed by atoms with Crippen LogP contribution in [0.5, 0.6) is 0 Å². The predicted octanol–water partition coefficient (Wildman–Crippen LogP) is 2.52. The van der Waals surface area contributed by atoms with Gasteiger partial charge in [0.05, 0.1) is 0 Å². The lowest BCUT2D eigenvalue weighted by Crippen LogP contribution is -2.43. The minimum atomic E-state index is -3.76. The normalized spacial score (nSPS) is 38.1. The van der Waals surface area contributed by atoms with Gasteiger partial charge in [-0.15, -0.1) is 23.2 Å². The van der Waals surface area contributed by atoms with Crippen molar-refractivity contribution < 1.29 is 8.42 Å². The molecule has 0 saturated heterocycles. The molecule has 0 saturated carbocycles. The Morgan fingerprint density at radius 3 is 1.65 bits per heavy atom. The van der Waals surface area contributed by atoms with Gasteiger partial charge in [0.1, 0.15) is 9.75 Å². The van der Waals surface area contributed by atoms with E-state index in [0.717, 1.165) is 23.9 Å². The zero-order valence-corrected chi connectivity index (χ0v) is 13.1. The van der Waals surface area contributed by atoms with Gasteiger partial charge in [-0.25, -0.2) is 17.2 Å². The Labute approximate surface area is 119 Å². The van der Waals surface area contributed by atoms with E-state index in [-0.39, 0.29) is 10.1 Å². The van der Waals surface area contributed by atoms with Gasteiger partial charge in [-0.05, 0) is 37.7 Å². The van der Waals surface area contributed by atoms with Gasteiger partial charge in [0.25, 0.3) is 0 Å². The first-order chi connectivity index (χ1) is 7.68. The summed E-state index contributed by atoms with van der Waals surface area (Å²) in [6, 6.07) is 0. The highest BCUT2D eigenvalue weighted by molar-refractivity contribution is 8.22. The van der Waals surface area contributed by atoms with Gasteiger partial charge in [-0.2, -0.15) is 0 Å². The molecule has 2 atom stereocenters. The van der Waals surface area contributed by atoms with Crippen LogP contribution in [0.3, 0.4) is 0 Å². The van der Waals surface area contributed by atoms with Crippen LogP contribution in [0.2, 0.25) is 0 Å². The maximum Gasteiger partial charge on any atom is 0.238 e. The van der Waals surface area contributed by atoms with Crippen molar-refractivity contribution in [2.75, 3.05) is 11.5 Å². The number of rotatable bonds is 0. The summed E-state index contributed by atoms with van der Waals surface area (Å²) < 4.78 is 32.7. The van der Waals surface area contributed by atoms with Crippen LogP contribution in [0.25, 0.3) is 0 Å². The average Bonchev–Trinajstić information content (AvgIpc) is 2.68. The largest absolute Gasteiger partial charge is 0.238 e. The number of alkyl halides is 2. The van der Waals surface area contributed by atoms with Crippen LogP contribution < -0.4 is 0 Å². The molecule has 0 bridgehead atoms. The van der Waals surface area contributed by atoms with Gasteiger partial charge >= 0.3 is 0 Å². The molecule has 0 aliphatic carbocycles. The second-order valence-electron chi connectivity index (χ2n) is 4.24. The van der Waals surface area contributed by atoms with Crippen molar-refractivity contribution in [1.29, 1.82) is 0 Å². The third-order valence-electron chi connectivity index (χ3n) is 2.37. The van der Waals surface area contributed by atoms with Crippen LogP contribution in [0.1, 0.15) is 13.8 Å². The SMILES string of the molecule is CC1(Cl)CSN=C1S(=O)(=O)C1=NSCC1(C)Cl. The lowest BCUT2D eigenvalue weighted by molar-refractivity contribution is 0.615. The van der Waals surface area contributed by atoms with Crippen molar-refractivity contribution in [3.63, 3.8) is 0 Å². The van der Waals surface area contributed by atoms with Crippen LogP contribution in [-0.4, -0.2) is 39.8 Å². The smallest absolute Gasteiger partial charge is 0.216 e. The van der Waals surface area contributed by atoms with Gasteiger partial charge in [-0.3, -0.25) is 0 Å². The van der Waals surface area contributed by atoms with E-state index in [0.29, 0.717) is 11.5 Å². The molecule has 2 aliphatic heterocycles. The van der Waals surface area contributed by atoms with Gasteiger partial charge in [0.15, 0.2) is 10.1 Å². The molecule has 0 spiro atoms. The van der Waals surface area contributed by atoms with Crippen LogP contribution >= 0.6 is 47.1 Å². The fourth-order valence-electron chi connectivity index (χ4n) is 1.49. The minimum Gasteiger partial charge on any atom is -0.216 e. The second-order valence-corrected chi connectivity index (χ2v) is 9.15. The molecule has 2 unspecified atom stereocenters. The van der Waals surface area contributed by atoms with E-state index in [9.17, 15) is 8.42 Å². The predicted molar refractivity (Wildman–Crippen MR) is 77.2 cm³/mol. The number of halogens is 2. The third-order valence-corrected chi connectivity index (χ3v) is 7.90. The van der Waals surface area contributed by atoms with E-state index in [1.54, 1.807) is 13.8 Å². The fraction of sp³-hybridized carbons (Fsp3) is 0.750. The monoisotopic (exact) mass is 332 g/mol. The summed E-state index contributed by atoms with van der Waals surface area (Å²) in [5.41, 5.74) is 0. The van der Waals surface area contributed by atoms with Crippen molar-refractivity contribution in [2.45, 2.75) is 23.6 Å². The van der Waals surface area contributed by atoms with Crippen molar-refractivity contribution in [2.24, 2.45) is 8.80 Å². The van der Waals surface area contributed by atoms with E-state index >= 15 is 0 Å². The quantitative estimate of drug-likeness (QED) is 0.505. The fourth-order valence-corrected chi connectivity index (χ4v) is 6.83. The molecule has 0 aromatic rings. The number of hydrogen-bond donors (Lipinski definition) is 0. The Morgan fingerprint density at radius 1 is 1.06 bits per heavy atom. The van der Waals surface area contributed by atoms with Gasteiger partial charge < -0.3 is 0 Å². The van der Waals surface area contributed by atoms with Crippen molar-refractivity contribution in [1.82, 2.24) is 0 Å². The van der Waals surface area contributed by atoms with Crippen LogP contribution in [0.15, 0.2) is 8.80 Å². The number of sulfone groups is 1. The van der Waals surface area contributed by atoms with Gasteiger partial charge in [0.2, 0.25) is 9.84 Å². The van der Waals surface area contributed by atoms with E-state index in [1.807, 2.05) is 0 Å². The van der Waals surface area contributed by atoms with Crippen molar-refractivity contribution >= 4 is 67.0 Å². The summed E-state index contributed by atoms with van der Waals surface area (Å²) >= 11 is 14.6. The first kappa shape index (κ1) is 14.0. The Hall–Kier alpha value is 0.570. The molecule has 0 fully saturated rings. The molecule has 2 heterocycles. The Balaban J connectivity index is 2.46. The Morgan fingerprint density at radius 2 is 1.41 bits per heavy atom. The summed E-state index contributed by atoms with van der Waals surface area (Å²) in [7, 11) is -3.76. The summed E-state index contributed by atoms with van der Waals surface area (Å²) in [6.45, 7) is 3.28. The molecule has 0 N–H and O–H groups in total. The molecular weight excluding hydrogens is 323 g/mol. The standard InChI is InChI=1S/C8H10Cl2N2O2S3/c1-7(9)3-15-11-5(7)17(13,14)6-8(2,10)4-16-12-6/h3-4H2,1-2H3. The zero-order valence-electron chi connectivity index (χ0n) is 9.11. The average molecular weight is 333 g/mol. The van der Waals surface area contributed by atoms with Crippen LogP contribution in [0, 0.1) is 0 Å². The zero-order chi connectivity index (χ0) is 12.9. The number of nitrogens with zero attached hydrogens (tertiary/aromatic N) is 2. The maximum absolute atomic E-state index is 12.4. The Bertz CT molecular complexity index is 471. The topological polar surface area (TPSA) is 58.9 Å². The summed E-state index contributed by atoms with van der Waals surface area (Å²) in [4.78, 5) is -1.96. The highest BCUT2D eigenvalue weighted by Gasteiger charge is 2.50. The molecule has 17 heavy (non-hydrogen) atoms. The van der Waals surface area contributed by atoms with Crippen LogP contribution in [0.4, 0.5) is 0 Å². The molecule has 96 valence electrons. The molecule has 2 aliphatic rings. The highest BCUT2D eigenvalue weighted by Crippen LogP contribution is 2.39. The van der Waals surface area contributed by atoms with E-state index in [2.05, 4.69) is 8.80 Å². The summed E-state index contributed by atoms with van der Waals surface area (Å²) in [6.07, 6.45) is 0. The van der Waals surface area contributed by atoms with Crippen LogP contribution in [-0.2, 0) is 9.84 Å². The molecular formula is C8H10Cl2N2O2S3. The molecule has 0 aromatic carbocycles. The van der Waals surface area contributed by atoms with Gasteiger partial charge in [0, 0.05) is 11.5 Å². The molecule has 0 amide bonds. The first-order valence-electron chi connectivity index (χ1n) is 4.72. The summed E-state index contributed by atoms with van der Waals surface area (Å²) in [5, 5.41) is -0.0745. The lowest BCUT2D eigenvalue weighted by Gasteiger charge is -2.20. The van der Waals surface area contributed by atoms with E-state index < -0.39 is 19.6 Å². The van der Waals surface area contributed by atoms with Gasteiger partial charge in [-0.1, -0.05) is 0 Å². The first-order valence-corrected chi connectivity index (χ1v) is 8.84. The summed E-state index contributed by atoms with van der Waals surface area (Å²) in [5.74, 6) is 0.866. The molecule has 0 radical (unpaired) electrons. The molecule has 9 heteroatoms. The van der Waals surface area contributed by atoms with Crippen molar-refractivity contribution in [3.05, 3.63) is 0 Å². The van der Waals surface area contributed by atoms with E-state index in [4.69, 9.17) is 23.2 Å². The Kier molecular flexibility index (Phi) is 3.54. The molecule has 4 nitrogen and oxygen atoms in total. The number of hydrogen-bond acceptors (Lipinski definition) is 6. The minimum absolute atomic E-state index is 0.0372. The second kappa shape index (κ2) is 4.30. The molecule has 0 aromatic heterocycles. The lowest BCUT2D eigenvalue weighted by atomic mass is 10.2.